The summed E-state index contributed by atoms with van der Waals surface area (Å²) in [4.78, 5) is 21.3. The van der Waals surface area contributed by atoms with Crippen molar-refractivity contribution in [3.63, 3.8) is 0 Å². The molecule has 0 aliphatic carbocycles. The molecule has 3 rings (SSSR count). The van der Waals surface area contributed by atoms with Crippen LogP contribution in [0.3, 0.4) is 0 Å². The molecule has 116 valence electrons. The Labute approximate surface area is 128 Å². The minimum absolute atomic E-state index is 0.0436. The highest BCUT2D eigenvalue weighted by Crippen LogP contribution is 2.31. The summed E-state index contributed by atoms with van der Waals surface area (Å²) >= 11 is 1.38. The normalized spacial score (nSPS) is 23.8. The molecule has 0 radical (unpaired) electrons. The maximum Gasteiger partial charge on any atom is 0.267 e. The molecule has 0 saturated carbocycles. The number of aromatic nitrogens is 1. The molecule has 8 heteroatoms. The highest BCUT2D eigenvalue weighted by molar-refractivity contribution is 7.18. The fraction of sp³-hybridized carbons (Fsp3) is 0.692. The van der Waals surface area contributed by atoms with Crippen LogP contribution in [0, 0.1) is 0 Å². The first-order chi connectivity index (χ1) is 10.0. The number of piperidine rings is 1. The monoisotopic (exact) mass is 310 g/mol. The summed E-state index contributed by atoms with van der Waals surface area (Å²) in [6.07, 6.45) is 2.74. The molecular formula is C13H22N6OS. The van der Waals surface area contributed by atoms with Gasteiger partial charge in [-0.25, -0.2) is 4.98 Å². The summed E-state index contributed by atoms with van der Waals surface area (Å²) in [7, 11) is 0. The van der Waals surface area contributed by atoms with Gasteiger partial charge in [0.25, 0.3) is 5.91 Å². The Morgan fingerprint density at radius 3 is 2.43 bits per heavy atom. The first kappa shape index (κ1) is 14.6. The van der Waals surface area contributed by atoms with Crippen LogP contribution in [0.15, 0.2) is 0 Å². The van der Waals surface area contributed by atoms with Crippen LogP contribution in [-0.4, -0.2) is 54.1 Å². The Kier molecular flexibility index (Phi) is 4.01. The molecule has 2 fully saturated rings. The molecule has 6 N–H and O–H groups in total. The number of nitrogens with two attached hydrogens (primary N) is 3. The number of thiazole rings is 1. The van der Waals surface area contributed by atoms with Crippen molar-refractivity contribution in [1.29, 1.82) is 0 Å². The first-order valence-corrected chi connectivity index (χ1v) is 8.18. The zero-order valence-corrected chi connectivity index (χ0v) is 12.8. The van der Waals surface area contributed by atoms with E-state index in [0.29, 0.717) is 23.8 Å². The Morgan fingerprint density at radius 1 is 1.14 bits per heavy atom. The van der Waals surface area contributed by atoms with E-state index in [0.717, 1.165) is 37.5 Å². The second kappa shape index (κ2) is 5.78. The third-order valence-corrected chi connectivity index (χ3v) is 5.28. The van der Waals surface area contributed by atoms with Gasteiger partial charge in [-0.05, 0) is 19.3 Å². The molecule has 0 aromatic carbocycles. The van der Waals surface area contributed by atoms with Gasteiger partial charge >= 0.3 is 0 Å². The highest BCUT2D eigenvalue weighted by Gasteiger charge is 2.29. The zero-order chi connectivity index (χ0) is 15.0. The Hall–Kier alpha value is -1.38. The largest absolute Gasteiger partial charge is 0.382 e. The lowest BCUT2D eigenvalue weighted by Crippen LogP contribution is -2.39. The second-order valence-electron chi connectivity index (χ2n) is 5.84. The fourth-order valence-corrected chi connectivity index (χ4v) is 3.82. The standard InChI is InChI=1S/C13H22N6OS/c14-8-1-4-18(5-2-8)13-17-11(16)10(21-13)12(20)19-6-3-9(15)7-19/h8-9H,1-7,14-16H2. The zero-order valence-electron chi connectivity index (χ0n) is 12.0. The average Bonchev–Trinajstić information content (AvgIpc) is 3.05. The van der Waals surface area contributed by atoms with Gasteiger partial charge in [-0.3, -0.25) is 4.79 Å². The summed E-state index contributed by atoms with van der Waals surface area (Å²) < 4.78 is 0. The number of rotatable bonds is 2. The Bertz CT molecular complexity index is 525. The van der Waals surface area contributed by atoms with Crippen LogP contribution in [0.5, 0.6) is 0 Å². The highest BCUT2D eigenvalue weighted by atomic mass is 32.1. The predicted octanol–water partition coefficient (Wildman–Crippen LogP) is -0.174. The summed E-state index contributed by atoms with van der Waals surface area (Å²) in [5, 5.41) is 0.825. The van der Waals surface area contributed by atoms with Crippen LogP contribution >= 0.6 is 11.3 Å². The lowest BCUT2D eigenvalue weighted by atomic mass is 10.1. The quantitative estimate of drug-likeness (QED) is 0.698. The SMILES string of the molecule is Nc1nc(N2CCC(N)CC2)sc1C(=O)N1CCC(N)C1. The lowest BCUT2D eigenvalue weighted by molar-refractivity contribution is 0.0796. The third-order valence-electron chi connectivity index (χ3n) is 4.16. The van der Waals surface area contributed by atoms with Crippen molar-refractivity contribution >= 4 is 28.2 Å². The molecule has 2 aliphatic rings. The van der Waals surface area contributed by atoms with E-state index in [1.807, 2.05) is 0 Å². The van der Waals surface area contributed by atoms with E-state index in [2.05, 4.69) is 9.88 Å². The first-order valence-electron chi connectivity index (χ1n) is 7.36. The van der Waals surface area contributed by atoms with Gasteiger partial charge < -0.3 is 27.0 Å². The number of likely N-dealkylation sites (tertiary alicyclic amines) is 1. The van der Waals surface area contributed by atoms with Crippen molar-refractivity contribution < 1.29 is 4.79 Å². The molecule has 3 heterocycles. The van der Waals surface area contributed by atoms with Crippen molar-refractivity contribution in [1.82, 2.24) is 9.88 Å². The van der Waals surface area contributed by atoms with E-state index in [9.17, 15) is 4.79 Å². The summed E-state index contributed by atoms with van der Waals surface area (Å²) in [6, 6.07) is 0.344. The van der Waals surface area contributed by atoms with E-state index >= 15 is 0 Å². The van der Waals surface area contributed by atoms with Gasteiger partial charge in [0.1, 0.15) is 10.7 Å². The van der Waals surface area contributed by atoms with Gasteiger partial charge in [0.05, 0.1) is 0 Å². The number of carbonyl (C=O) groups excluding carboxylic acids is 1. The molecule has 2 aliphatic heterocycles. The van der Waals surface area contributed by atoms with Crippen LogP contribution in [0.4, 0.5) is 10.9 Å². The predicted molar refractivity (Wildman–Crippen MR) is 84.4 cm³/mol. The van der Waals surface area contributed by atoms with Gasteiger partial charge in [-0.2, -0.15) is 0 Å². The van der Waals surface area contributed by atoms with Crippen LogP contribution in [0.2, 0.25) is 0 Å². The van der Waals surface area contributed by atoms with E-state index in [4.69, 9.17) is 17.2 Å². The molecule has 7 nitrogen and oxygen atoms in total. The second-order valence-corrected chi connectivity index (χ2v) is 6.81. The van der Waals surface area contributed by atoms with Crippen molar-refractivity contribution in [2.24, 2.45) is 11.5 Å². The van der Waals surface area contributed by atoms with E-state index < -0.39 is 0 Å². The molecule has 2 saturated heterocycles. The van der Waals surface area contributed by atoms with Crippen molar-refractivity contribution in [2.75, 3.05) is 36.8 Å². The van der Waals surface area contributed by atoms with Crippen molar-refractivity contribution in [3.8, 4) is 0 Å². The molecule has 1 aromatic heterocycles. The van der Waals surface area contributed by atoms with Crippen LogP contribution < -0.4 is 22.1 Å². The number of anilines is 2. The number of carbonyl (C=O) groups is 1. The fourth-order valence-electron chi connectivity index (χ4n) is 2.81. The number of hydrogen-bond acceptors (Lipinski definition) is 7. The summed E-state index contributed by atoms with van der Waals surface area (Å²) in [6.45, 7) is 3.04. The topological polar surface area (TPSA) is 114 Å². The van der Waals surface area contributed by atoms with Crippen LogP contribution in [0.25, 0.3) is 0 Å². The van der Waals surface area contributed by atoms with Gasteiger partial charge in [-0.15, -0.1) is 0 Å². The van der Waals surface area contributed by atoms with Gasteiger partial charge in [0.15, 0.2) is 5.13 Å². The van der Waals surface area contributed by atoms with Gasteiger partial charge in [0, 0.05) is 38.3 Å². The number of amides is 1. The number of nitrogens with zero attached hydrogens (tertiary/aromatic N) is 3. The maximum atomic E-state index is 12.5. The average molecular weight is 310 g/mol. The molecule has 1 amide bonds. The van der Waals surface area contributed by atoms with E-state index in [1.54, 1.807) is 4.90 Å². The molecule has 0 bridgehead atoms. The smallest absolute Gasteiger partial charge is 0.267 e. The van der Waals surface area contributed by atoms with E-state index in [1.165, 1.54) is 11.3 Å². The number of nitrogen functional groups attached to an aromatic ring is 1. The van der Waals surface area contributed by atoms with E-state index in [-0.39, 0.29) is 18.0 Å². The minimum atomic E-state index is -0.0436. The maximum absolute atomic E-state index is 12.5. The van der Waals surface area contributed by atoms with Crippen LogP contribution in [0.1, 0.15) is 28.9 Å². The van der Waals surface area contributed by atoms with Crippen molar-refractivity contribution in [2.45, 2.75) is 31.3 Å². The Morgan fingerprint density at radius 2 is 1.81 bits per heavy atom. The van der Waals surface area contributed by atoms with Gasteiger partial charge in [0.2, 0.25) is 0 Å². The molecule has 1 atom stereocenters. The molecule has 0 spiro atoms. The third kappa shape index (κ3) is 2.97. The minimum Gasteiger partial charge on any atom is -0.382 e. The lowest BCUT2D eigenvalue weighted by Gasteiger charge is -2.29. The molecule has 21 heavy (non-hydrogen) atoms. The van der Waals surface area contributed by atoms with Crippen LogP contribution in [-0.2, 0) is 0 Å². The summed E-state index contributed by atoms with van der Waals surface area (Å²) in [5.41, 5.74) is 17.7. The molecule has 1 unspecified atom stereocenters. The Balaban J connectivity index is 1.73. The van der Waals surface area contributed by atoms with Crippen molar-refractivity contribution in [3.05, 3.63) is 4.88 Å². The molecular weight excluding hydrogens is 288 g/mol. The van der Waals surface area contributed by atoms with Gasteiger partial charge in [-0.1, -0.05) is 11.3 Å². The molecule has 1 aromatic rings. The summed E-state index contributed by atoms with van der Waals surface area (Å²) in [5.74, 6) is 0.285. The number of hydrogen-bond donors (Lipinski definition) is 3.